The van der Waals surface area contributed by atoms with Crippen molar-refractivity contribution < 1.29 is 9.53 Å². The molecule has 2 aromatic rings. The van der Waals surface area contributed by atoms with Crippen LogP contribution >= 0.6 is 0 Å². The van der Waals surface area contributed by atoms with Crippen LogP contribution in [0.1, 0.15) is 68.5 Å². The van der Waals surface area contributed by atoms with Crippen LogP contribution in [0.3, 0.4) is 0 Å². The molecule has 0 saturated carbocycles. The maximum absolute atomic E-state index is 12.5. The quantitative estimate of drug-likeness (QED) is 0.668. The lowest BCUT2D eigenvalue weighted by Gasteiger charge is -2.19. The van der Waals surface area contributed by atoms with Gasteiger partial charge in [0.05, 0.1) is 18.6 Å². The second kappa shape index (κ2) is 8.51. The molecule has 0 bridgehead atoms. The molecule has 0 amide bonds. The van der Waals surface area contributed by atoms with Crippen LogP contribution in [-0.2, 0) is 4.74 Å². The van der Waals surface area contributed by atoms with Crippen LogP contribution < -0.4 is 0 Å². The van der Waals surface area contributed by atoms with E-state index in [1.807, 2.05) is 22.8 Å². The van der Waals surface area contributed by atoms with E-state index in [1.165, 1.54) is 0 Å². The molecule has 23 heavy (non-hydrogen) atoms. The van der Waals surface area contributed by atoms with Crippen LogP contribution in [0.5, 0.6) is 0 Å². The lowest BCUT2D eigenvalue weighted by atomic mass is 10.1. The van der Waals surface area contributed by atoms with Crippen molar-refractivity contribution >= 4 is 5.97 Å². The number of nitrogens with zero attached hydrogens (tertiary/aromatic N) is 2. The van der Waals surface area contributed by atoms with Crippen LogP contribution in [0.2, 0.25) is 0 Å². The summed E-state index contributed by atoms with van der Waals surface area (Å²) in [5.74, 6) is -0.280. The van der Waals surface area contributed by atoms with Gasteiger partial charge in [-0.1, -0.05) is 57.0 Å². The highest BCUT2D eigenvalue weighted by molar-refractivity contribution is 5.87. The monoisotopic (exact) mass is 314 g/mol. The van der Waals surface area contributed by atoms with Gasteiger partial charge in [0.15, 0.2) is 0 Å². The van der Waals surface area contributed by atoms with Gasteiger partial charge < -0.3 is 9.30 Å². The van der Waals surface area contributed by atoms with Gasteiger partial charge in [-0.15, -0.1) is 0 Å². The summed E-state index contributed by atoms with van der Waals surface area (Å²) in [7, 11) is 0. The van der Waals surface area contributed by atoms with E-state index in [0.29, 0.717) is 5.69 Å². The summed E-state index contributed by atoms with van der Waals surface area (Å²) in [4.78, 5) is 16.7. The molecule has 0 N–H and O–H groups in total. The Balaban J connectivity index is 2.15. The number of ether oxygens (including phenoxy) is 1. The summed E-state index contributed by atoms with van der Waals surface area (Å²) in [5.41, 5.74) is 1.65. The van der Waals surface area contributed by atoms with E-state index >= 15 is 0 Å². The summed E-state index contributed by atoms with van der Waals surface area (Å²) in [6.45, 7) is 6.28. The van der Waals surface area contributed by atoms with Gasteiger partial charge in [0.1, 0.15) is 11.8 Å². The van der Waals surface area contributed by atoms with E-state index in [4.69, 9.17) is 4.74 Å². The Morgan fingerprint density at radius 2 is 1.83 bits per heavy atom. The molecule has 0 saturated heterocycles. The third kappa shape index (κ3) is 4.44. The third-order valence-electron chi connectivity index (χ3n) is 4.07. The van der Waals surface area contributed by atoms with Crippen molar-refractivity contribution in [1.82, 2.24) is 9.55 Å². The molecule has 2 rings (SSSR count). The lowest BCUT2D eigenvalue weighted by molar-refractivity contribution is 0.0245. The first-order valence-electron chi connectivity index (χ1n) is 8.45. The first kappa shape index (κ1) is 17.3. The summed E-state index contributed by atoms with van der Waals surface area (Å²) >= 11 is 0. The lowest BCUT2D eigenvalue weighted by Crippen LogP contribution is -2.21. The molecule has 4 heteroatoms. The molecule has 0 radical (unpaired) electrons. The summed E-state index contributed by atoms with van der Waals surface area (Å²) < 4.78 is 7.58. The van der Waals surface area contributed by atoms with Crippen LogP contribution in [0.15, 0.2) is 42.9 Å². The van der Waals surface area contributed by atoms with E-state index in [-0.39, 0.29) is 18.1 Å². The second-order valence-electron chi connectivity index (χ2n) is 5.88. The minimum Gasteiger partial charge on any atom is -0.458 e. The van der Waals surface area contributed by atoms with Crippen LogP contribution in [0.4, 0.5) is 0 Å². The van der Waals surface area contributed by atoms with Gasteiger partial charge in [-0.25, -0.2) is 9.78 Å². The molecular formula is C19H26N2O2. The predicted octanol–water partition coefficient (Wildman–Crippen LogP) is 4.62. The minimum absolute atomic E-state index is 0.00659. The van der Waals surface area contributed by atoms with Crippen molar-refractivity contribution in [2.75, 3.05) is 0 Å². The number of imidazole rings is 1. The summed E-state index contributed by atoms with van der Waals surface area (Å²) in [5, 5.41) is 0. The normalized spacial score (nSPS) is 12.3. The van der Waals surface area contributed by atoms with Gasteiger partial charge in [-0.2, -0.15) is 0 Å². The fourth-order valence-electron chi connectivity index (χ4n) is 2.78. The number of benzene rings is 1. The molecule has 1 aromatic heterocycles. The number of esters is 1. The Labute approximate surface area is 138 Å². The Morgan fingerprint density at radius 3 is 2.43 bits per heavy atom. The Morgan fingerprint density at radius 1 is 1.17 bits per heavy atom. The molecule has 1 atom stereocenters. The van der Waals surface area contributed by atoms with E-state index < -0.39 is 0 Å². The zero-order chi connectivity index (χ0) is 16.7. The number of hydrogen-bond acceptors (Lipinski definition) is 3. The smallest absolute Gasteiger partial charge is 0.356 e. The van der Waals surface area contributed by atoms with E-state index in [2.05, 4.69) is 37.9 Å². The van der Waals surface area contributed by atoms with Gasteiger partial charge in [0.25, 0.3) is 0 Å². The Hall–Kier alpha value is -2.10. The molecule has 0 aliphatic rings. The standard InChI is InChI=1S/C19H26N2O2/c1-4-9-17(10-5-2)23-19(22)18-13-20-14-21(18)15(3)16-11-7-6-8-12-16/h6-8,11-15,17H,4-5,9-10H2,1-3H3/t15-/m1/s1. The van der Waals surface area contributed by atoms with Crippen molar-refractivity contribution in [3.63, 3.8) is 0 Å². The molecule has 0 aliphatic heterocycles. The van der Waals surface area contributed by atoms with Gasteiger partial charge in [0, 0.05) is 0 Å². The molecule has 0 unspecified atom stereocenters. The Bertz CT molecular complexity index is 601. The topological polar surface area (TPSA) is 44.1 Å². The van der Waals surface area contributed by atoms with E-state index in [9.17, 15) is 4.79 Å². The number of aromatic nitrogens is 2. The predicted molar refractivity (Wildman–Crippen MR) is 91.5 cm³/mol. The summed E-state index contributed by atoms with van der Waals surface area (Å²) in [6.07, 6.45) is 7.12. The first-order chi connectivity index (χ1) is 11.2. The van der Waals surface area contributed by atoms with Crippen LogP contribution in [0, 0.1) is 0 Å². The third-order valence-corrected chi connectivity index (χ3v) is 4.07. The molecule has 1 heterocycles. The van der Waals surface area contributed by atoms with Crippen molar-refractivity contribution in [2.24, 2.45) is 0 Å². The average Bonchev–Trinajstić information content (AvgIpc) is 3.05. The largest absolute Gasteiger partial charge is 0.458 e. The molecule has 1 aromatic carbocycles. The fourth-order valence-corrected chi connectivity index (χ4v) is 2.78. The molecule has 0 fully saturated rings. The van der Waals surface area contributed by atoms with E-state index in [0.717, 1.165) is 31.2 Å². The highest BCUT2D eigenvalue weighted by Crippen LogP contribution is 2.21. The SMILES string of the molecule is CCCC(CCC)OC(=O)c1cncn1[C@H](C)c1ccccc1. The summed E-state index contributed by atoms with van der Waals surface area (Å²) in [6, 6.07) is 10.1. The molecule has 0 aliphatic carbocycles. The average molecular weight is 314 g/mol. The molecule has 4 nitrogen and oxygen atoms in total. The van der Waals surface area contributed by atoms with Crippen molar-refractivity contribution in [3.05, 3.63) is 54.1 Å². The Kier molecular flexibility index (Phi) is 6.39. The highest BCUT2D eigenvalue weighted by Gasteiger charge is 2.21. The van der Waals surface area contributed by atoms with Crippen molar-refractivity contribution in [1.29, 1.82) is 0 Å². The number of rotatable bonds is 8. The van der Waals surface area contributed by atoms with Gasteiger partial charge in [0.2, 0.25) is 0 Å². The van der Waals surface area contributed by atoms with Crippen LogP contribution in [0.25, 0.3) is 0 Å². The van der Waals surface area contributed by atoms with Crippen molar-refractivity contribution in [3.8, 4) is 0 Å². The second-order valence-corrected chi connectivity index (χ2v) is 5.88. The van der Waals surface area contributed by atoms with Crippen LogP contribution in [-0.4, -0.2) is 21.6 Å². The minimum atomic E-state index is -0.280. The number of hydrogen-bond donors (Lipinski definition) is 0. The maximum Gasteiger partial charge on any atom is 0.356 e. The van der Waals surface area contributed by atoms with Gasteiger partial charge in [-0.05, 0) is 25.3 Å². The first-order valence-corrected chi connectivity index (χ1v) is 8.45. The molecular weight excluding hydrogens is 288 g/mol. The zero-order valence-corrected chi connectivity index (χ0v) is 14.2. The number of carbonyl (C=O) groups is 1. The fraction of sp³-hybridized carbons (Fsp3) is 0.474. The number of carbonyl (C=O) groups excluding carboxylic acids is 1. The van der Waals surface area contributed by atoms with E-state index in [1.54, 1.807) is 12.5 Å². The van der Waals surface area contributed by atoms with Gasteiger partial charge >= 0.3 is 5.97 Å². The van der Waals surface area contributed by atoms with Gasteiger partial charge in [-0.3, -0.25) is 0 Å². The molecule has 124 valence electrons. The zero-order valence-electron chi connectivity index (χ0n) is 14.2. The van der Waals surface area contributed by atoms with Crippen molar-refractivity contribution in [2.45, 2.75) is 58.6 Å². The highest BCUT2D eigenvalue weighted by atomic mass is 16.5. The molecule has 0 spiro atoms. The maximum atomic E-state index is 12.5.